The lowest BCUT2D eigenvalue weighted by molar-refractivity contribution is -0.0416. The molecule has 0 aromatic rings. The van der Waals surface area contributed by atoms with E-state index in [1.165, 1.54) is 0 Å². The van der Waals surface area contributed by atoms with Crippen LogP contribution in [-0.2, 0) is 0 Å². The van der Waals surface area contributed by atoms with Gasteiger partial charge in [0.25, 0.3) is 0 Å². The summed E-state index contributed by atoms with van der Waals surface area (Å²) in [6, 6.07) is 5.54. The van der Waals surface area contributed by atoms with Crippen molar-refractivity contribution in [3.8, 4) is 11.1 Å². The molecular weight excluding hydrogens is 159 g/mol. The lowest BCUT2D eigenvalue weighted by Gasteiger charge is -1.96. The van der Waals surface area contributed by atoms with Crippen molar-refractivity contribution in [2.45, 2.75) is 6.29 Å². The van der Waals surface area contributed by atoms with Crippen molar-refractivity contribution in [1.29, 1.82) is 0 Å². The van der Waals surface area contributed by atoms with Crippen LogP contribution in [0, 0.1) is 0 Å². The maximum Gasteiger partial charge on any atom is 0.482 e. The van der Waals surface area contributed by atoms with Gasteiger partial charge in [0.05, 0.1) is 0 Å². The van der Waals surface area contributed by atoms with Crippen LogP contribution >= 0.6 is 0 Å². The Morgan fingerprint density at radius 3 is 1.92 bits per heavy atom. The number of benzene rings is 1. The van der Waals surface area contributed by atoms with E-state index >= 15 is 0 Å². The fourth-order valence-corrected chi connectivity index (χ4v) is 1.00. The van der Waals surface area contributed by atoms with E-state index in [0.29, 0.717) is 5.56 Å². The Hall–Kier alpha value is -0.875. The molecule has 1 radical (unpaired) electrons. The van der Waals surface area contributed by atoms with Crippen molar-refractivity contribution in [1.82, 2.24) is 0 Å². The van der Waals surface area contributed by atoms with Gasteiger partial charge in [-0.05, 0) is 17.2 Å². The molecule has 0 atom stereocenters. The maximum absolute atomic E-state index is 8.66. The van der Waals surface area contributed by atoms with Crippen LogP contribution < -0.4 is 0 Å². The molecule has 0 saturated heterocycles. The highest BCUT2D eigenvalue weighted by atomic mass is 16.5. The van der Waals surface area contributed by atoms with Crippen molar-refractivity contribution in [3.63, 3.8) is 0 Å². The highest BCUT2D eigenvalue weighted by Crippen LogP contribution is 2.40. The van der Waals surface area contributed by atoms with E-state index in [9.17, 15) is 0 Å². The summed E-state index contributed by atoms with van der Waals surface area (Å²) in [7, 11) is 0. The van der Waals surface area contributed by atoms with Crippen molar-refractivity contribution in [2.24, 2.45) is 0 Å². The van der Waals surface area contributed by atoms with Crippen LogP contribution in [0.1, 0.15) is 11.9 Å². The van der Waals surface area contributed by atoms with Gasteiger partial charge in [0.15, 0.2) is 6.29 Å². The molecular formula is C7H8BO4. The third-order valence-corrected chi connectivity index (χ3v) is 1.56. The fraction of sp³-hybridized carbons (Fsp3) is 0.143. The number of aliphatic hydroxyl groups excluding tert-OH is 1. The predicted octanol–water partition coefficient (Wildman–Crippen LogP) is -0.845. The first-order valence-electron chi connectivity index (χ1n) is 3.31. The second-order valence-electron chi connectivity index (χ2n) is 2.29. The van der Waals surface area contributed by atoms with E-state index in [1.807, 2.05) is 12.1 Å². The third kappa shape index (κ3) is 1.83. The summed E-state index contributed by atoms with van der Waals surface area (Å²) >= 11 is 0. The Balaban J connectivity index is 0.000000213. The molecule has 0 aliphatic heterocycles. The van der Waals surface area contributed by atoms with Gasteiger partial charge in [0.1, 0.15) is 0 Å². The Morgan fingerprint density at radius 2 is 1.75 bits per heavy atom. The molecule has 0 spiro atoms. The second kappa shape index (κ2) is 3.69. The minimum atomic E-state index is -1.30. The first kappa shape index (κ1) is 9.21. The molecule has 4 N–H and O–H groups in total. The lowest BCUT2D eigenvalue weighted by Crippen LogP contribution is -1.90. The predicted molar refractivity (Wildman–Crippen MR) is 42.8 cm³/mol. The summed E-state index contributed by atoms with van der Waals surface area (Å²) in [6.45, 7) is 0. The van der Waals surface area contributed by atoms with Gasteiger partial charge in [-0.1, -0.05) is 12.1 Å². The van der Waals surface area contributed by atoms with Crippen molar-refractivity contribution < 1.29 is 20.3 Å². The van der Waals surface area contributed by atoms with Gasteiger partial charge in [-0.25, -0.2) is 0 Å². The minimum absolute atomic E-state index is 0. The van der Waals surface area contributed by atoms with Gasteiger partial charge in [0, 0.05) is 5.56 Å². The SMILES string of the molecule is OC(O)c1ccc2cc1-2.O[B]O. The Bertz CT molecular complexity index is 274. The molecule has 0 unspecified atom stereocenters. The number of rotatable bonds is 1. The summed E-state index contributed by atoms with van der Waals surface area (Å²) < 4.78 is 0. The average Bonchev–Trinajstić information content (AvgIpc) is 2.63. The first-order chi connectivity index (χ1) is 5.70. The fourth-order valence-electron chi connectivity index (χ4n) is 1.00. The Morgan fingerprint density at radius 1 is 1.17 bits per heavy atom. The number of aliphatic hydroxyl groups is 2. The van der Waals surface area contributed by atoms with Gasteiger partial charge in [0.2, 0.25) is 0 Å². The van der Waals surface area contributed by atoms with E-state index in [0.717, 1.165) is 11.1 Å². The van der Waals surface area contributed by atoms with Gasteiger partial charge in [-0.15, -0.1) is 0 Å². The van der Waals surface area contributed by atoms with Crippen molar-refractivity contribution >= 4 is 7.69 Å². The van der Waals surface area contributed by atoms with Crippen LogP contribution in [0.5, 0.6) is 0 Å². The summed E-state index contributed by atoms with van der Waals surface area (Å²) in [6.07, 6.45) is -1.30. The van der Waals surface area contributed by atoms with Crippen LogP contribution in [0.2, 0.25) is 0 Å². The van der Waals surface area contributed by atoms with E-state index in [1.54, 1.807) is 6.07 Å². The van der Waals surface area contributed by atoms with E-state index < -0.39 is 6.29 Å². The van der Waals surface area contributed by atoms with E-state index in [2.05, 4.69) is 0 Å². The largest absolute Gasteiger partial charge is 0.482 e. The standard InChI is InChI=1S/C7H6O2.BH2O2/c8-7(9)5-2-1-4-3-6(4)5;2-1-3/h1-3,7-9H;2-3H. The van der Waals surface area contributed by atoms with Gasteiger partial charge in [-0.3, -0.25) is 0 Å². The molecule has 0 amide bonds. The van der Waals surface area contributed by atoms with Crippen molar-refractivity contribution in [3.05, 3.63) is 23.8 Å². The summed E-state index contributed by atoms with van der Waals surface area (Å²) in [5.74, 6) is 0. The van der Waals surface area contributed by atoms with Gasteiger partial charge >= 0.3 is 7.69 Å². The Kier molecular flexibility index (Phi) is 2.83. The third-order valence-electron chi connectivity index (χ3n) is 1.56. The second-order valence-corrected chi connectivity index (χ2v) is 2.29. The van der Waals surface area contributed by atoms with Crippen molar-refractivity contribution in [2.75, 3.05) is 0 Å². The monoisotopic (exact) mass is 167 g/mol. The van der Waals surface area contributed by atoms with E-state index in [-0.39, 0.29) is 7.69 Å². The quantitative estimate of drug-likeness (QED) is 0.329. The van der Waals surface area contributed by atoms with Gasteiger partial charge < -0.3 is 20.3 Å². The minimum Gasteiger partial charge on any atom is -0.429 e. The molecule has 12 heavy (non-hydrogen) atoms. The molecule has 0 heterocycles. The molecule has 63 valence electrons. The summed E-state index contributed by atoms with van der Waals surface area (Å²) in [4.78, 5) is 0. The van der Waals surface area contributed by atoms with Crippen LogP contribution in [-0.4, -0.2) is 27.9 Å². The Labute approximate surface area is 70.0 Å². The average molecular weight is 167 g/mol. The van der Waals surface area contributed by atoms with Crippen LogP contribution in [0.3, 0.4) is 0 Å². The highest BCUT2D eigenvalue weighted by molar-refractivity contribution is 6.13. The molecule has 4 nitrogen and oxygen atoms in total. The smallest absolute Gasteiger partial charge is 0.429 e. The molecule has 5 heteroatoms. The summed E-state index contributed by atoms with van der Waals surface area (Å²) in [5, 5.41) is 31.3. The topological polar surface area (TPSA) is 80.9 Å². The first-order valence-corrected chi connectivity index (χ1v) is 3.31. The van der Waals surface area contributed by atoms with Gasteiger partial charge in [-0.2, -0.15) is 0 Å². The highest BCUT2D eigenvalue weighted by Gasteiger charge is 2.20. The normalized spacial score (nSPS) is 10.4. The molecule has 2 rings (SSSR count). The zero-order chi connectivity index (χ0) is 9.14. The van der Waals surface area contributed by atoms with Crippen LogP contribution in [0.15, 0.2) is 18.2 Å². The number of fused-ring (bicyclic) bond motifs is 1. The molecule has 0 fully saturated rings. The zero-order valence-electron chi connectivity index (χ0n) is 6.18. The molecule has 0 bridgehead atoms. The van der Waals surface area contributed by atoms with E-state index in [4.69, 9.17) is 20.3 Å². The maximum atomic E-state index is 8.66. The molecule has 0 saturated carbocycles. The molecule has 0 aromatic heterocycles. The zero-order valence-corrected chi connectivity index (χ0v) is 6.18. The lowest BCUT2D eigenvalue weighted by atomic mass is 10.3. The number of hydrogen-bond acceptors (Lipinski definition) is 4. The number of hydrogen-bond donors (Lipinski definition) is 4. The molecule has 2 aliphatic carbocycles. The molecule has 0 aromatic carbocycles. The summed E-state index contributed by atoms with van der Waals surface area (Å²) in [5.41, 5.74) is 2.77. The molecule has 2 aliphatic rings. The van der Waals surface area contributed by atoms with Crippen LogP contribution in [0.25, 0.3) is 11.1 Å². The van der Waals surface area contributed by atoms with Crippen LogP contribution in [0.4, 0.5) is 0 Å².